The number of H-pyrrole nitrogens is 1. The van der Waals surface area contributed by atoms with Crippen LogP contribution in [-0.4, -0.2) is 25.3 Å². The lowest BCUT2D eigenvalue weighted by Gasteiger charge is -2.16. The standard InChI is InChI=1S/C21H22N2O4S/c1-13-10-18(17-8-9-22-21(17)23(13)24)19-11-16(28(25,26)15-4-5-15)6-7-20(19)27-12-14-2-3-14/h6-11,14-15,22H,2-5,12H2,1H3. The van der Waals surface area contributed by atoms with Crippen LogP contribution in [0, 0.1) is 18.0 Å². The minimum Gasteiger partial charge on any atom is -0.710 e. The highest BCUT2D eigenvalue weighted by atomic mass is 32.2. The summed E-state index contributed by atoms with van der Waals surface area (Å²) in [6, 6.07) is 8.77. The van der Waals surface area contributed by atoms with Crippen molar-refractivity contribution < 1.29 is 17.9 Å². The second-order valence-corrected chi connectivity index (χ2v) is 10.1. The number of pyridine rings is 1. The number of nitrogens with one attached hydrogen (secondary N) is 1. The molecule has 28 heavy (non-hydrogen) atoms. The molecular formula is C21H22N2O4S. The second-order valence-electron chi connectivity index (χ2n) is 7.89. The molecule has 0 aliphatic heterocycles. The average Bonchev–Trinajstić information content (AvgIpc) is 3.61. The molecule has 1 N–H and O–H groups in total. The van der Waals surface area contributed by atoms with Gasteiger partial charge in [0.1, 0.15) is 11.4 Å². The third-order valence-electron chi connectivity index (χ3n) is 5.60. The van der Waals surface area contributed by atoms with E-state index >= 15 is 0 Å². The van der Waals surface area contributed by atoms with Gasteiger partial charge in [0.25, 0.3) is 5.65 Å². The molecule has 0 amide bonds. The molecule has 5 rings (SSSR count). The van der Waals surface area contributed by atoms with Crippen molar-refractivity contribution in [1.29, 1.82) is 0 Å². The van der Waals surface area contributed by atoms with Crippen molar-refractivity contribution >= 4 is 20.9 Å². The third kappa shape index (κ3) is 2.94. The first-order chi connectivity index (χ1) is 13.4. The normalized spacial score (nSPS) is 17.2. The van der Waals surface area contributed by atoms with Gasteiger partial charge in [-0.25, -0.2) is 18.1 Å². The Labute approximate surface area is 163 Å². The van der Waals surface area contributed by atoms with E-state index in [2.05, 4.69) is 4.98 Å². The summed E-state index contributed by atoms with van der Waals surface area (Å²) in [5.74, 6) is 1.24. The molecule has 2 aliphatic rings. The van der Waals surface area contributed by atoms with Gasteiger partial charge in [-0.1, -0.05) is 0 Å². The highest BCUT2D eigenvalue weighted by Crippen LogP contribution is 2.40. The number of sulfone groups is 1. The van der Waals surface area contributed by atoms with Crippen LogP contribution in [0.4, 0.5) is 0 Å². The number of hydrogen-bond acceptors (Lipinski definition) is 4. The van der Waals surface area contributed by atoms with Crippen molar-refractivity contribution in [3.8, 4) is 16.9 Å². The van der Waals surface area contributed by atoms with E-state index < -0.39 is 9.84 Å². The number of fused-ring (bicyclic) bond motifs is 1. The van der Waals surface area contributed by atoms with Crippen LogP contribution in [0.5, 0.6) is 5.75 Å². The van der Waals surface area contributed by atoms with E-state index in [0.717, 1.165) is 34.1 Å². The molecule has 3 aromatic rings. The fraction of sp³-hybridized carbons (Fsp3) is 0.381. The van der Waals surface area contributed by atoms with Crippen molar-refractivity contribution in [2.45, 2.75) is 42.8 Å². The third-order valence-corrected chi connectivity index (χ3v) is 7.86. The maximum Gasteiger partial charge on any atom is 0.290 e. The molecule has 2 aliphatic carbocycles. The quantitative estimate of drug-likeness (QED) is 0.509. The first-order valence-corrected chi connectivity index (χ1v) is 11.2. The fourth-order valence-electron chi connectivity index (χ4n) is 3.58. The molecule has 2 fully saturated rings. The van der Waals surface area contributed by atoms with Gasteiger partial charge in [-0.2, -0.15) is 0 Å². The number of ether oxygens (including phenoxy) is 1. The number of aromatic nitrogens is 2. The maximum absolute atomic E-state index is 12.8. The number of hydrogen-bond donors (Lipinski definition) is 1. The molecule has 0 unspecified atom stereocenters. The molecule has 146 valence electrons. The molecular weight excluding hydrogens is 376 g/mol. The Morgan fingerprint density at radius 3 is 2.64 bits per heavy atom. The minimum atomic E-state index is -3.32. The van der Waals surface area contributed by atoms with Crippen LogP contribution in [0.3, 0.4) is 0 Å². The monoisotopic (exact) mass is 398 g/mol. The second kappa shape index (κ2) is 6.24. The number of benzene rings is 1. The maximum atomic E-state index is 12.8. The average molecular weight is 398 g/mol. The van der Waals surface area contributed by atoms with E-state index in [9.17, 15) is 13.6 Å². The van der Waals surface area contributed by atoms with E-state index in [0.29, 0.717) is 34.5 Å². The summed E-state index contributed by atoms with van der Waals surface area (Å²) in [6.07, 6.45) is 5.51. The van der Waals surface area contributed by atoms with Crippen molar-refractivity contribution in [3.63, 3.8) is 0 Å². The molecule has 0 saturated heterocycles. The number of aryl methyl sites for hydroxylation is 1. The van der Waals surface area contributed by atoms with Gasteiger partial charge in [-0.3, -0.25) is 0 Å². The Kier molecular flexibility index (Phi) is 3.91. The van der Waals surface area contributed by atoms with Gasteiger partial charge in [0.05, 0.1) is 28.3 Å². The van der Waals surface area contributed by atoms with Crippen LogP contribution in [0.25, 0.3) is 22.2 Å². The van der Waals surface area contributed by atoms with E-state index in [1.807, 2.05) is 6.07 Å². The summed E-state index contributed by atoms with van der Waals surface area (Å²) < 4.78 is 32.5. The lowest BCUT2D eigenvalue weighted by molar-refractivity contribution is -0.586. The molecule has 0 radical (unpaired) electrons. The fourth-order valence-corrected chi connectivity index (χ4v) is 5.26. The lowest BCUT2D eigenvalue weighted by atomic mass is 10.0. The molecule has 6 nitrogen and oxygen atoms in total. The zero-order valence-electron chi connectivity index (χ0n) is 15.6. The van der Waals surface area contributed by atoms with Crippen molar-refractivity contribution in [3.05, 3.63) is 47.4 Å². The number of rotatable bonds is 6. The zero-order chi connectivity index (χ0) is 19.5. The molecule has 2 saturated carbocycles. The zero-order valence-corrected chi connectivity index (χ0v) is 16.5. The summed E-state index contributed by atoms with van der Waals surface area (Å²) in [5.41, 5.74) is 2.52. The van der Waals surface area contributed by atoms with Gasteiger partial charge in [0, 0.05) is 11.1 Å². The van der Waals surface area contributed by atoms with E-state index in [1.165, 1.54) is 12.8 Å². The molecule has 0 spiro atoms. The van der Waals surface area contributed by atoms with Gasteiger partial charge in [0.2, 0.25) is 0 Å². The summed E-state index contributed by atoms with van der Waals surface area (Å²) in [6.45, 7) is 2.37. The Hall–Kier alpha value is -2.54. The van der Waals surface area contributed by atoms with Crippen LogP contribution in [0.1, 0.15) is 31.4 Å². The largest absolute Gasteiger partial charge is 0.710 e. The SMILES string of the molecule is Cc1cc(-c2cc(S(=O)(=O)C3CC3)ccc2OCC2CC2)c2cc[nH]c2[n+]1[O-]. The van der Waals surface area contributed by atoms with Gasteiger partial charge in [-0.15, -0.1) is 0 Å². The molecule has 2 aromatic heterocycles. The number of nitrogens with zero attached hydrogens (tertiary/aromatic N) is 1. The van der Waals surface area contributed by atoms with Gasteiger partial charge >= 0.3 is 0 Å². The van der Waals surface area contributed by atoms with Crippen LogP contribution in [-0.2, 0) is 9.84 Å². The Bertz CT molecular complexity index is 1170. The molecule has 1 aromatic carbocycles. The van der Waals surface area contributed by atoms with E-state index in [4.69, 9.17) is 4.74 Å². The summed E-state index contributed by atoms with van der Waals surface area (Å²) in [5, 5.41) is 12.8. The van der Waals surface area contributed by atoms with Gasteiger partial charge in [-0.05, 0) is 68.9 Å². The highest BCUT2D eigenvalue weighted by Gasteiger charge is 2.37. The van der Waals surface area contributed by atoms with E-state index in [1.54, 1.807) is 37.4 Å². The molecule has 7 heteroatoms. The first-order valence-electron chi connectivity index (χ1n) is 9.66. The van der Waals surface area contributed by atoms with Crippen molar-refractivity contribution in [1.82, 2.24) is 4.98 Å². The molecule has 0 atom stereocenters. The topological polar surface area (TPSA) is 86.1 Å². The lowest BCUT2D eigenvalue weighted by Crippen LogP contribution is -2.31. The van der Waals surface area contributed by atoms with E-state index in [-0.39, 0.29) is 5.25 Å². The van der Waals surface area contributed by atoms with Crippen molar-refractivity contribution in [2.24, 2.45) is 5.92 Å². The van der Waals surface area contributed by atoms with Gasteiger partial charge in [0.15, 0.2) is 9.84 Å². The van der Waals surface area contributed by atoms with Gasteiger partial charge < -0.3 is 9.94 Å². The highest BCUT2D eigenvalue weighted by molar-refractivity contribution is 7.92. The Balaban J connectivity index is 1.69. The predicted octanol–water partition coefficient (Wildman–Crippen LogP) is 3.50. The van der Waals surface area contributed by atoms with Crippen molar-refractivity contribution in [2.75, 3.05) is 6.61 Å². The van der Waals surface area contributed by atoms with Crippen LogP contribution >= 0.6 is 0 Å². The summed E-state index contributed by atoms with van der Waals surface area (Å²) >= 11 is 0. The Morgan fingerprint density at radius 2 is 1.93 bits per heavy atom. The summed E-state index contributed by atoms with van der Waals surface area (Å²) in [4.78, 5) is 3.31. The Morgan fingerprint density at radius 1 is 1.14 bits per heavy atom. The molecule has 0 bridgehead atoms. The van der Waals surface area contributed by atoms with Crippen LogP contribution < -0.4 is 9.47 Å². The first kappa shape index (κ1) is 17.6. The summed E-state index contributed by atoms with van der Waals surface area (Å²) in [7, 11) is -3.32. The van der Waals surface area contributed by atoms with Crippen LogP contribution in [0.2, 0.25) is 0 Å². The minimum absolute atomic E-state index is 0.271. The smallest absolute Gasteiger partial charge is 0.290 e. The van der Waals surface area contributed by atoms with Crippen LogP contribution in [0.15, 0.2) is 41.4 Å². The predicted molar refractivity (Wildman–Crippen MR) is 106 cm³/mol. The molecule has 2 heterocycles. The number of aromatic amines is 1.